The lowest BCUT2D eigenvalue weighted by atomic mass is 10.2. The van der Waals surface area contributed by atoms with Gasteiger partial charge in [0.15, 0.2) is 0 Å². The van der Waals surface area contributed by atoms with Crippen LogP contribution in [0.4, 0.5) is 17.5 Å². The molecule has 0 saturated carbocycles. The molecule has 0 aliphatic carbocycles. The van der Waals surface area contributed by atoms with Crippen molar-refractivity contribution in [1.82, 2.24) is 19.9 Å². The molecular formula is C21H26N6O. The lowest BCUT2D eigenvalue weighted by Crippen LogP contribution is -2.19. The Labute approximate surface area is 165 Å². The highest BCUT2D eigenvalue weighted by Crippen LogP contribution is 2.21. The normalized spacial score (nSPS) is 10.7. The predicted molar refractivity (Wildman–Crippen MR) is 112 cm³/mol. The minimum absolute atomic E-state index is 0.110. The van der Waals surface area contributed by atoms with Crippen molar-refractivity contribution in [3.05, 3.63) is 54.6 Å². The van der Waals surface area contributed by atoms with Gasteiger partial charge in [0.25, 0.3) is 0 Å². The minimum atomic E-state index is -0.110. The first-order valence-electron chi connectivity index (χ1n) is 9.53. The Morgan fingerprint density at radius 3 is 2.64 bits per heavy atom. The van der Waals surface area contributed by atoms with E-state index in [1.807, 2.05) is 24.4 Å². The highest BCUT2D eigenvalue weighted by Gasteiger charge is 2.06. The summed E-state index contributed by atoms with van der Waals surface area (Å²) in [5, 5.41) is 12.4. The molecule has 3 aromatic heterocycles. The molecule has 0 unspecified atom stereocenters. The second kappa shape index (κ2) is 9.75. The second-order valence-corrected chi connectivity index (χ2v) is 6.62. The van der Waals surface area contributed by atoms with Crippen molar-refractivity contribution in [2.75, 3.05) is 23.8 Å². The SMILES string of the molecule is CCCCCN(C)c1ccc(-c2ccnc(Nc3ccnc(CO)c3)n2)cn1. The number of aliphatic hydroxyl groups excluding tert-OH is 1. The summed E-state index contributed by atoms with van der Waals surface area (Å²) in [6, 6.07) is 9.48. The summed E-state index contributed by atoms with van der Waals surface area (Å²) < 4.78 is 0. The maximum atomic E-state index is 9.21. The van der Waals surface area contributed by atoms with E-state index in [1.165, 1.54) is 19.3 Å². The number of pyridine rings is 2. The third-order valence-electron chi connectivity index (χ3n) is 4.42. The summed E-state index contributed by atoms with van der Waals surface area (Å²) in [5.41, 5.74) is 3.09. The fourth-order valence-corrected chi connectivity index (χ4v) is 2.83. The van der Waals surface area contributed by atoms with Crippen LogP contribution in [0.2, 0.25) is 0 Å². The van der Waals surface area contributed by atoms with E-state index in [2.05, 4.69) is 44.1 Å². The number of rotatable bonds is 9. The quantitative estimate of drug-likeness (QED) is 0.548. The van der Waals surface area contributed by atoms with E-state index < -0.39 is 0 Å². The predicted octanol–water partition coefficient (Wildman–Crippen LogP) is 3.80. The first-order valence-corrected chi connectivity index (χ1v) is 9.53. The third-order valence-corrected chi connectivity index (χ3v) is 4.42. The minimum Gasteiger partial charge on any atom is -0.390 e. The molecule has 2 N–H and O–H groups in total. The number of aliphatic hydroxyl groups is 1. The smallest absolute Gasteiger partial charge is 0.227 e. The van der Waals surface area contributed by atoms with E-state index in [-0.39, 0.29) is 6.61 Å². The third kappa shape index (κ3) is 5.23. The van der Waals surface area contributed by atoms with Crippen LogP contribution in [0, 0.1) is 0 Å². The Kier molecular flexibility index (Phi) is 6.86. The Balaban J connectivity index is 1.71. The zero-order chi connectivity index (χ0) is 19.8. The molecule has 7 nitrogen and oxygen atoms in total. The Bertz CT molecular complexity index is 884. The summed E-state index contributed by atoms with van der Waals surface area (Å²) in [7, 11) is 2.07. The molecule has 0 aliphatic rings. The van der Waals surface area contributed by atoms with Crippen LogP contribution in [0.5, 0.6) is 0 Å². The molecule has 0 amide bonds. The molecule has 0 radical (unpaired) electrons. The van der Waals surface area contributed by atoms with Gasteiger partial charge in [-0.1, -0.05) is 19.8 Å². The fraction of sp³-hybridized carbons (Fsp3) is 0.333. The van der Waals surface area contributed by atoms with E-state index >= 15 is 0 Å². The summed E-state index contributed by atoms with van der Waals surface area (Å²) in [5.74, 6) is 1.44. The van der Waals surface area contributed by atoms with Crippen molar-refractivity contribution in [2.24, 2.45) is 0 Å². The van der Waals surface area contributed by atoms with Crippen molar-refractivity contribution >= 4 is 17.5 Å². The van der Waals surface area contributed by atoms with Crippen molar-refractivity contribution < 1.29 is 5.11 Å². The molecule has 3 aromatic rings. The summed E-state index contributed by atoms with van der Waals surface area (Å²) in [6.45, 7) is 3.10. The maximum Gasteiger partial charge on any atom is 0.227 e. The van der Waals surface area contributed by atoms with E-state index in [4.69, 9.17) is 0 Å². The molecule has 0 atom stereocenters. The van der Waals surface area contributed by atoms with Crippen molar-refractivity contribution in [2.45, 2.75) is 32.8 Å². The molecule has 0 fully saturated rings. The highest BCUT2D eigenvalue weighted by atomic mass is 16.3. The lowest BCUT2D eigenvalue weighted by Gasteiger charge is -2.18. The summed E-state index contributed by atoms with van der Waals surface area (Å²) in [6.07, 6.45) is 8.81. The van der Waals surface area contributed by atoms with Gasteiger partial charge in [-0.25, -0.2) is 15.0 Å². The number of unbranched alkanes of at least 4 members (excludes halogenated alkanes) is 2. The molecule has 0 bridgehead atoms. The monoisotopic (exact) mass is 378 g/mol. The number of nitrogens with one attached hydrogen (secondary N) is 1. The zero-order valence-electron chi connectivity index (χ0n) is 16.3. The molecule has 28 heavy (non-hydrogen) atoms. The molecule has 0 aliphatic heterocycles. The molecule has 146 valence electrons. The Morgan fingerprint density at radius 2 is 1.89 bits per heavy atom. The first-order chi connectivity index (χ1) is 13.7. The first kappa shape index (κ1) is 19.7. The van der Waals surface area contributed by atoms with Gasteiger partial charge in [-0.15, -0.1) is 0 Å². The van der Waals surface area contributed by atoms with Crippen LogP contribution in [0.3, 0.4) is 0 Å². The topological polar surface area (TPSA) is 87.1 Å². The van der Waals surface area contributed by atoms with Gasteiger partial charge in [0.05, 0.1) is 18.0 Å². The summed E-state index contributed by atoms with van der Waals surface area (Å²) in [4.78, 5) is 19.7. The average molecular weight is 378 g/mol. The molecule has 0 spiro atoms. The standard InChI is InChI=1S/C21H26N6O/c1-3-4-5-12-27(2)20-7-6-16(14-24-20)19-9-11-23-21(26-19)25-17-8-10-22-18(13-17)15-28/h6-11,13-14,28H,3-5,12,15H2,1-2H3,(H,22,23,25,26). The molecule has 3 rings (SSSR count). The van der Waals surface area contributed by atoms with Crippen LogP contribution in [-0.4, -0.2) is 38.6 Å². The van der Waals surface area contributed by atoms with Gasteiger partial charge in [0, 0.05) is 43.4 Å². The van der Waals surface area contributed by atoms with Crippen LogP contribution in [-0.2, 0) is 6.61 Å². The van der Waals surface area contributed by atoms with Gasteiger partial charge in [-0.3, -0.25) is 4.98 Å². The molecule has 7 heteroatoms. The maximum absolute atomic E-state index is 9.21. The van der Waals surface area contributed by atoms with Gasteiger partial charge < -0.3 is 15.3 Å². The van der Waals surface area contributed by atoms with Gasteiger partial charge in [-0.05, 0) is 36.8 Å². The second-order valence-electron chi connectivity index (χ2n) is 6.62. The summed E-state index contributed by atoms with van der Waals surface area (Å²) >= 11 is 0. The van der Waals surface area contributed by atoms with Crippen LogP contribution < -0.4 is 10.2 Å². The molecule has 0 aromatic carbocycles. The van der Waals surface area contributed by atoms with E-state index in [0.29, 0.717) is 11.6 Å². The average Bonchev–Trinajstić information content (AvgIpc) is 2.74. The number of hydrogen-bond acceptors (Lipinski definition) is 7. The van der Waals surface area contributed by atoms with Gasteiger partial charge in [0.1, 0.15) is 5.82 Å². The Hall–Kier alpha value is -3.06. The van der Waals surface area contributed by atoms with E-state index in [0.717, 1.165) is 29.3 Å². The van der Waals surface area contributed by atoms with Gasteiger partial charge in [0.2, 0.25) is 5.95 Å². The molecule has 3 heterocycles. The number of aromatic nitrogens is 4. The van der Waals surface area contributed by atoms with Crippen LogP contribution in [0.15, 0.2) is 48.9 Å². The van der Waals surface area contributed by atoms with Crippen molar-refractivity contribution in [1.29, 1.82) is 0 Å². The van der Waals surface area contributed by atoms with E-state index in [1.54, 1.807) is 24.5 Å². The molecule has 0 saturated heterocycles. The largest absolute Gasteiger partial charge is 0.390 e. The zero-order valence-corrected chi connectivity index (χ0v) is 16.3. The van der Waals surface area contributed by atoms with Gasteiger partial charge in [-0.2, -0.15) is 0 Å². The van der Waals surface area contributed by atoms with E-state index in [9.17, 15) is 5.11 Å². The van der Waals surface area contributed by atoms with Crippen molar-refractivity contribution in [3.63, 3.8) is 0 Å². The highest BCUT2D eigenvalue weighted by molar-refractivity contribution is 5.62. The number of anilines is 3. The lowest BCUT2D eigenvalue weighted by molar-refractivity contribution is 0.277. The van der Waals surface area contributed by atoms with Crippen molar-refractivity contribution in [3.8, 4) is 11.3 Å². The fourth-order valence-electron chi connectivity index (χ4n) is 2.83. The van der Waals surface area contributed by atoms with Crippen LogP contribution >= 0.6 is 0 Å². The number of hydrogen-bond donors (Lipinski definition) is 2. The van der Waals surface area contributed by atoms with Gasteiger partial charge >= 0.3 is 0 Å². The number of nitrogens with zero attached hydrogens (tertiary/aromatic N) is 5. The van der Waals surface area contributed by atoms with Crippen LogP contribution in [0.1, 0.15) is 31.9 Å². The Morgan fingerprint density at radius 1 is 1.04 bits per heavy atom. The van der Waals surface area contributed by atoms with Crippen LogP contribution in [0.25, 0.3) is 11.3 Å². The molecular weight excluding hydrogens is 352 g/mol.